The van der Waals surface area contributed by atoms with E-state index in [1.807, 2.05) is 12.1 Å². The molecule has 0 amide bonds. The van der Waals surface area contributed by atoms with Gasteiger partial charge in [-0.25, -0.2) is 4.79 Å². The molecule has 1 N–H and O–H groups in total. The Labute approximate surface area is 249 Å². The monoisotopic (exact) mass is 601 g/mol. The fourth-order valence-corrected chi connectivity index (χ4v) is 6.07. The second-order valence-electron chi connectivity index (χ2n) is 11.1. The topological polar surface area (TPSA) is 49.8 Å². The highest BCUT2D eigenvalue weighted by molar-refractivity contribution is 9.10. The zero-order valence-electron chi connectivity index (χ0n) is 24.3. The highest BCUT2D eigenvalue weighted by atomic mass is 79.9. The zero-order valence-corrected chi connectivity index (χ0v) is 25.9. The molecule has 4 nitrogen and oxygen atoms in total. The van der Waals surface area contributed by atoms with E-state index in [1.54, 1.807) is 12.1 Å². The maximum absolute atomic E-state index is 12.5. The summed E-state index contributed by atoms with van der Waals surface area (Å²) in [5, 5.41) is 10.6. The molecule has 3 aromatic rings. The number of esters is 1. The van der Waals surface area contributed by atoms with Gasteiger partial charge in [-0.05, 0) is 78.3 Å². The molecule has 1 atom stereocenters. The van der Waals surface area contributed by atoms with E-state index in [9.17, 15) is 9.90 Å². The van der Waals surface area contributed by atoms with Gasteiger partial charge < -0.3 is 14.7 Å². The summed E-state index contributed by atoms with van der Waals surface area (Å²) in [4.78, 5) is 14.8. The van der Waals surface area contributed by atoms with Gasteiger partial charge in [-0.15, -0.1) is 0 Å². The number of hydrogen-bond donors (Lipinski definition) is 1. The lowest BCUT2D eigenvalue weighted by atomic mass is 9.75. The van der Waals surface area contributed by atoms with Crippen LogP contribution in [0.1, 0.15) is 76.0 Å². The van der Waals surface area contributed by atoms with Crippen LogP contribution < -0.4 is 10.4 Å². The zero-order chi connectivity index (χ0) is 28.7. The highest BCUT2D eigenvalue weighted by Crippen LogP contribution is 2.51. The standard InChI is InChI=1S/C34H41BBrNO3/c1-4-6-18-37(19-7-5-2)27-13-9-24(32(38)23-27)10-16-33(39)40-20-8-17-34(3)30-21-25(35)11-14-28(30)29-15-12-26(36)22-31(29)34/h9-16,21-23,38H,4-8,17-20,35H2,1-3H3/b16-10+. The van der Waals surface area contributed by atoms with Crippen molar-refractivity contribution in [3.05, 3.63) is 81.8 Å². The molecule has 0 bridgehead atoms. The third-order valence-electron chi connectivity index (χ3n) is 8.04. The van der Waals surface area contributed by atoms with Crippen molar-refractivity contribution >= 4 is 47.0 Å². The first-order valence-corrected chi connectivity index (χ1v) is 15.4. The third kappa shape index (κ3) is 6.83. The van der Waals surface area contributed by atoms with Gasteiger partial charge in [0.05, 0.1) is 6.61 Å². The lowest BCUT2D eigenvalue weighted by Gasteiger charge is -2.28. The van der Waals surface area contributed by atoms with Gasteiger partial charge in [-0.2, -0.15) is 0 Å². The number of ether oxygens (including phenoxy) is 1. The first kappa shape index (κ1) is 30.0. The van der Waals surface area contributed by atoms with Crippen molar-refractivity contribution in [2.75, 3.05) is 24.6 Å². The first-order chi connectivity index (χ1) is 19.3. The predicted molar refractivity (Wildman–Crippen MR) is 174 cm³/mol. The SMILES string of the molecule is Bc1ccc2c(c1)C(C)(CCCOC(=O)/C=C/c1ccc(N(CCCC)CCCC)cc1O)c1cc(Br)ccc1-2. The van der Waals surface area contributed by atoms with E-state index in [1.165, 1.54) is 33.8 Å². The molecular formula is C34H41BBrNO3. The van der Waals surface area contributed by atoms with E-state index < -0.39 is 5.97 Å². The normalized spacial score (nSPS) is 15.7. The van der Waals surface area contributed by atoms with Crippen molar-refractivity contribution in [2.24, 2.45) is 0 Å². The molecule has 40 heavy (non-hydrogen) atoms. The molecule has 6 heteroatoms. The molecule has 3 aromatic carbocycles. The summed E-state index contributed by atoms with van der Waals surface area (Å²) >= 11 is 3.65. The Morgan fingerprint density at radius 2 is 1.65 bits per heavy atom. The summed E-state index contributed by atoms with van der Waals surface area (Å²) < 4.78 is 6.63. The molecule has 4 rings (SSSR count). The number of aromatic hydroxyl groups is 1. The van der Waals surface area contributed by atoms with E-state index in [2.05, 4.69) is 85.8 Å². The van der Waals surface area contributed by atoms with Crippen LogP contribution in [-0.4, -0.2) is 38.6 Å². The van der Waals surface area contributed by atoms with Gasteiger partial charge in [0.25, 0.3) is 0 Å². The number of phenolic OH excluding ortho intramolecular Hbond substituents is 1. The van der Waals surface area contributed by atoms with Crippen LogP contribution in [0.15, 0.2) is 65.1 Å². The quantitative estimate of drug-likeness (QED) is 0.0979. The molecule has 0 fully saturated rings. The molecule has 0 saturated carbocycles. The fraction of sp³-hybridized carbons (Fsp3) is 0.382. The summed E-state index contributed by atoms with van der Waals surface area (Å²) in [6.07, 6.45) is 9.17. The summed E-state index contributed by atoms with van der Waals surface area (Å²) in [7, 11) is 2.13. The van der Waals surface area contributed by atoms with Crippen molar-refractivity contribution in [3.8, 4) is 16.9 Å². The van der Waals surface area contributed by atoms with Crippen LogP contribution in [-0.2, 0) is 14.9 Å². The largest absolute Gasteiger partial charge is 0.507 e. The van der Waals surface area contributed by atoms with E-state index in [0.717, 1.165) is 61.8 Å². The minimum atomic E-state index is -0.396. The van der Waals surface area contributed by atoms with E-state index >= 15 is 0 Å². The highest BCUT2D eigenvalue weighted by Gasteiger charge is 2.39. The van der Waals surface area contributed by atoms with Gasteiger partial charge in [0, 0.05) is 46.4 Å². The van der Waals surface area contributed by atoms with Crippen molar-refractivity contribution in [1.82, 2.24) is 0 Å². The van der Waals surface area contributed by atoms with Crippen LogP contribution in [0.5, 0.6) is 5.75 Å². The molecule has 0 saturated heterocycles. The van der Waals surface area contributed by atoms with Crippen LogP contribution in [0.25, 0.3) is 17.2 Å². The number of carbonyl (C=O) groups is 1. The van der Waals surface area contributed by atoms with Crippen molar-refractivity contribution in [1.29, 1.82) is 0 Å². The maximum Gasteiger partial charge on any atom is 0.330 e. The van der Waals surface area contributed by atoms with Crippen molar-refractivity contribution in [3.63, 3.8) is 0 Å². The molecule has 0 aliphatic heterocycles. The lowest BCUT2D eigenvalue weighted by Crippen LogP contribution is -2.25. The van der Waals surface area contributed by atoms with Gasteiger partial charge >= 0.3 is 5.97 Å². The molecule has 1 aliphatic rings. The van der Waals surface area contributed by atoms with Crippen LogP contribution in [0.3, 0.4) is 0 Å². The molecule has 0 radical (unpaired) electrons. The number of fused-ring (bicyclic) bond motifs is 3. The van der Waals surface area contributed by atoms with Crippen LogP contribution in [0.4, 0.5) is 5.69 Å². The van der Waals surface area contributed by atoms with Gasteiger partial charge in [0.15, 0.2) is 0 Å². The number of phenols is 1. The Morgan fingerprint density at radius 3 is 2.33 bits per heavy atom. The minimum absolute atomic E-state index is 0.140. The van der Waals surface area contributed by atoms with Crippen LogP contribution in [0, 0.1) is 0 Å². The van der Waals surface area contributed by atoms with Gasteiger partial charge in [-0.1, -0.05) is 79.3 Å². The third-order valence-corrected chi connectivity index (χ3v) is 8.54. The van der Waals surface area contributed by atoms with Crippen LogP contribution >= 0.6 is 15.9 Å². The number of anilines is 1. The Hall–Kier alpha value is -2.99. The number of carbonyl (C=O) groups excluding carboxylic acids is 1. The Kier molecular flexibility index (Phi) is 10.2. The minimum Gasteiger partial charge on any atom is -0.507 e. The fourth-order valence-electron chi connectivity index (χ4n) is 5.71. The Bertz CT molecular complexity index is 1310. The van der Waals surface area contributed by atoms with Crippen LogP contribution in [0.2, 0.25) is 0 Å². The summed E-state index contributed by atoms with van der Waals surface area (Å²) in [5.41, 5.74) is 7.97. The second-order valence-corrected chi connectivity index (χ2v) is 12.0. The summed E-state index contributed by atoms with van der Waals surface area (Å²) in [6.45, 7) is 8.97. The van der Waals surface area contributed by atoms with Gasteiger partial charge in [0.1, 0.15) is 13.6 Å². The van der Waals surface area contributed by atoms with E-state index in [4.69, 9.17) is 4.74 Å². The molecule has 0 aromatic heterocycles. The smallest absolute Gasteiger partial charge is 0.330 e. The molecule has 0 heterocycles. The maximum atomic E-state index is 12.5. The summed E-state index contributed by atoms with van der Waals surface area (Å²) in [6, 6.07) is 18.9. The van der Waals surface area contributed by atoms with E-state index in [0.29, 0.717) is 12.2 Å². The molecule has 1 aliphatic carbocycles. The molecular weight excluding hydrogens is 561 g/mol. The van der Waals surface area contributed by atoms with E-state index in [-0.39, 0.29) is 11.2 Å². The Morgan fingerprint density at radius 1 is 0.975 bits per heavy atom. The van der Waals surface area contributed by atoms with Crippen molar-refractivity contribution < 1.29 is 14.6 Å². The molecule has 1 unspecified atom stereocenters. The lowest BCUT2D eigenvalue weighted by molar-refractivity contribution is -0.137. The number of unbranched alkanes of at least 4 members (excludes halogenated alkanes) is 2. The Balaban J connectivity index is 1.35. The average molecular weight is 602 g/mol. The molecule has 0 spiro atoms. The van der Waals surface area contributed by atoms with Gasteiger partial charge in [0.2, 0.25) is 0 Å². The first-order valence-electron chi connectivity index (χ1n) is 14.6. The number of halogens is 1. The summed E-state index contributed by atoms with van der Waals surface area (Å²) in [5.74, 6) is -0.223. The number of hydrogen-bond acceptors (Lipinski definition) is 4. The average Bonchev–Trinajstić information content (AvgIpc) is 3.17. The van der Waals surface area contributed by atoms with Gasteiger partial charge in [-0.3, -0.25) is 0 Å². The number of nitrogens with zero attached hydrogens (tertiary/aromatic N) is 1. The second kappa shape index (κ2) is 13.6. The predicted octanol–water partition coefficient (Wildman–Crippen LogP) is 7.14. The molecule has 210 valence electrons. The van der Waals surface area contributed by atoms with Crippen molar-refractivity contribution in [2.45, 2.75) is 64.7 Å². The number of rotatable bonds is 13. The number of benzene rings is 3.